The highest BCUT2D eigenvalue weighted by Gasteiger charge is 2.16. The minimum atomic E-state index is -0.706. The number of aromatic nitrogens is 4. The largest absolute Gasteiger partial charge is 0.451 e. The van der Waals surface area contributed by atoms with Gasteiger partial charge in [-0.25, -0.2) is 19.4 Å². The molecule has 0 atom stereocenters. The van der Waals surface area contributed by atoms with Crippen LogP contribution in [0.1, 0.15) is 10.5 Å². The van der Waals surface area contributed by atoms with Gasteiger partial charge in [-0.15, -0.1) is 11.3 Å². The van der Waals surface area contributed by atoms with E-state index in [2.05, 4.69) is 20.4 Å². The molecule has 156 valence electrons. The molecule has 0 fully saturated rings. The Balaban J connectivity index is 1.40. The zero-order valence-corrected chi connectivity index (χ0v) is 18.0. The predicted octanol–water partition coefficient (Wildman–Crippen LogP) is 4.49. The van der Waals surface area contributed by atoms with Gasteiger partial charge in [-0.3, -0.25) is 4.79 Å². The first-order chi connectivity index (χ1) is 15.0. The Bertz CT molecular complexity index is 1240. The van der Waals surface area contributed by atoms with Gasteiger partial charge in [-0.05, 0) is 30.3 Å². The molecule has 0 saturated heterocycles. The Morgan fingerprint density at radius 1 is 1.13 bits per heavy atom. The van der Waals surface area contributed by atoms with Crippen molar-refractivity contribution in [3.05, 3.63) is 76.2 Å². The van der Waals surface area contributed by atoms with Crippen LogP contribution in [0.5, 0.6) is 0 Å². The van der Waals surface area contributed by atoms with E-state index < -0.39 is 18.5 Å². The molecule has 2 aromatic carbocycles. The highest BCUT2D eigenvalue weighted by Crippen LogP contribution is 2.26. The summed E-state index contributed by atoms with van der Waals surface area (Å²) in [6.07, 6.45) is 2.85. The second-order valence-electron chi connectivity index (χ2n) is 6.17. The van der Waals surface area contributed by atoms with E-state index in [1.165, 1.54) is 28.7 Å². The van der Waals surface area contributed by atoms with Crippen molar-refractivity contribution in [1.82, 2.24) is 19.7 Å². The van der Waals surface area contributed by atoms with Crippen LogP contribution in [0.3, 0.4) is 0 Å². The van der Waals surface area contributed by atoms with E-state index in [4.69, 9.17) is 27.9 Å². The number of nitrogens with one attached hydrogen (secondary N) is 1. The van der Waals surface area contributed by atoms with Crippen LogP contribution in [-0.2, 0) is 9.53 Å². The third-order valence-corrected chi connectivity index (χ3v) is 5.38. The van der Waals surface area contributed by atoms with Crippen molar-refractivity contribution in [3.8, 4) is 16.3 Å². The number of hydrogen-bond donors (Lipinski definition) is 1. The van der Waals surface area contributed by atoms with Crippen molar-refractivity contribution < 1.29 is 14.3 Å². The third kappa shape index (κ3) is 5.08. The van der Waals surface area contributed by atoms with Crippen LogP contribution in [0.2, 0.25) is 10.0 Å². The second-order valence-corrected chi connectivity index (χ2v) is 7.91. The van der Waals surface area contributed by atoms with E-state index in [-0.39, 0.29) is 5.69 Å². The first kappa shape index (κ1) is 21.0. The molecule has 4 aromatic rings. The number of esters is 1. The van der Waals surface area contributed by atoms with Crippen LogP contribution >= 0.6 is 34.5 Å². The van der Waals surface area contributed by atoms with Gasteiger partial charge in [0.1, 0.15) is 17.7 Å². The Hall–Kier alpha value is -3.27. The van der Waals surface area contributed by atoms with Crippen molar-refractivity contribution in [2.75, 3.05) is 11.9 Å². The molecular formula is C20H13Cl2N5O3S. The number of anilines is 1. The zero-order chi connectivity index (χ0) is 21.8. The Morgan fingerprint density at radius 2 is 1.97 bits per heavy atom. The lowest BCUT2D eigenvalue weighted by Crippen LogP contribution is -2.22. The van der Waals surface area contributed by atoms with E-state index in [1.54, 1.807) is 41.8 Å². The molecule has 11 heteroatoms. The van der Waals surface area contributed by atoms with Gasteiger partial charge >= 0.3 is 5.97 Å². The lowest BCUT2D eigenvalue weighted by Gasteiger charge is -2.11. The fourth-order valence-corrected chi connectivity index (χ4v) is 3.80. The van der Waals surface area contributed by atoms with Crippen LogP contribution in [0.25, 0.3) is 16.3 Å². The normalized spacial score (nSPS) is 10.6. The average molecular weight is 474 g/mol. The molecular weight excluding hydrogens is 461 g/mol. The molecule has 2 aromatic heterocycles. The van der Waals surface area contributed by atoms with Crippen molar-refractivity contribution in [2.45, 2.75) is 0 Å². The van der Waals surface area contributed by atoms with Gasteiger partial charge in [0, 0.05) is 21.0 Å². The molecule has 0 aliphatic carbocycles. The summed E-state index contributed by atoms with van der Waals surface area (Å²) in [4.78, 5) is 32.8. The summed E-state index contributed by atoms with van der Waals surface area (Å²) < 4.78 is 6.57. The number of rotatable bonds is 6. The molecule has 0 aliphatic rings. The van der Waals surface area contributed by atoms with Gasteiger partial charge in [0.15, 0.2) is 12.3 Å². The van der Waals surface area contributed by atoms with Gasteiger partial charge in [0.05, 0.1) is 11.4 Å². The summed E-state index contributed by atoms with van der Waals surface area (Å²) >= 11 is 13.3. The van der Waals surface area contributed by atoms with Gasteiger partial charge in [-0.1, -0.05) is 35.3 Å². The van der Waals surface area contributed by atoms with Crippen LogP contribution in [0, 0.1) is 0 Å². The Morgan fingerprint density at radius 3 is 2.74 bits per heavy atom. The van der Waals surface area contributed by atoms with E-state index in [1.807, 2.05) is 6.07 Å². The highest BCUT2D eigenvalue weighted by atomic mass is 35.5. The predicted molar refractivity (Wildman–Crippen MR) is 118 cm³/mol. The quantitative estimate of drug-likeness (QED) is 0.414. The van der Waals surface area contributed by atoms with Crippen molar-refractivity contribution >= 4 is 52.1 Å². The number of halogens is 2. The number of ether oxygens (including phenoxy) is 1. The van der Waals surface area contributed by atoms with Gasteiger partial charge in [0.25, 0.3) is 5.91 Å². The number of hydrogen-bond acceptors (Lipinski definition) is 7. The van der Waals surface area contributed by atoms with E-state index >= 15 is 0 Å². The standard InChI is InChI=1S/C20H13Cl2N5O3S/c21-13-3-1-2-12(6-13)19-26-16(9-31-19)20(29)30-8-18(28)25-15-7-14(22)4-5-17(15)27-11-23-10-24-27/h1-7,9-11H,8H2,(H,25,28). The first-order valence-electron chi connectivity index (χ1n) is 8.82. The van der Waals surface area contributed by atoms with Crippen molar-refractivity contribution in [3.63, 3.8) is 0 Å². The van der Waals surface area contributed by atoms with Crippen LogP contribution < -0.4 is 5.32 Å². The summed E-state index contributed by atoms with van der Waals surface area (Å²) in [5.41, 5.74) is 1.86. The summed E-state index contributed by atoms with van der Waals surface area (Å²) in [5, 5.41) is 9.88. The summed E-state index contributed by atoms with van der Waals surface area (Å²) in [7, 11) is 0. The van der Waals surface area contributed by atoms with Crippen LogP contribution in [0.15, 0.2) is 60.5 Å². The molecule has 8 nitrogen and oxygen atoms in total. The van der Waals surface area contributed by atoms with E-state index in [0.29, 0.717) is 26.4 Å². The average Bonchev–Trinajstić information content (AvgIpc) is 3.45. The van der Waals surface area contributed by atoms with E-state index in [0.717, 1.165) is 5.56 Å². The summed E-state index contributed by atoms with van der Waals surface area (Å²) in [6.45, 7) is -0.494. The monoisotopic (exact) mass is 473 g/mol. The van der Waals surface area contributed by atoms with Crippen LogP contribution in [0.4, 0.5) is 5.69 Å². The molecule has 1 N–H and O–H groups in total. The molecule has 1 amide bonds. The lowest BCUT2D eigenvalue weighted by molar-refractivity contribution is -0.119. The molecule has 4 rings (SSSR count). The minimum Gasteiger partial charge on any atom is -0.451 e. The van der Waals surface area contributed by atoms with Gasteiger partial charge in [-0.2, -0.15) is 5.10 Å². The first-order valence-corrected chi connectivity index (χ1v) is 10.5. The molecule has 0 saturated carbocycles. The Kier molecular flexibility index (Phi) is 6.26. The smallest absolute Gasteiger partial charge is 0.358 e. The molecule has 31 heavy (non-hydrogen) atoms. The summed E-state index contributed by atoms with van der Waals surface area (Å²) in [6, 6.07) is 12.0. The SMILES string of the molecule is O=C(COC(=O)c1csc(-c2cccc(Cl)c2)n1)Nc1cc(Cl)ccc1-n1cncn1. The number of amides is 1. The fraction of sp³-hybridized carbons (Fsp3) is 0.0500. The number of nitrogens with zero attached hydrogens (tertiary/aromatic N) is 4. The molecule has 0 spiro atoms. The van der Waals surface area contributed by atoms with E-state index in [9.17, 15) is 9.59 Å². The minimum absolute atomic E-state index is 0.110. The number of carbonyl (C=O) groups excluding carboxylic acids is 2. The number of carbonyl (C=O) groups is 2. The highest BCUT2D eigenvalue weighted by molar-refractivity contribution is 7.13. The Labute approximate surface area is 190 Å². The molecule has 2 heterocycles. The fourth-order valence-electron chi connectivity index (χ4n) is 2.65. The molecule has 0 unspecified atom stereocenters. The topological polar surface area (TPSA) is 99.0 Å². The maximum atomic E-state index is 12.3. The van der Waals surface area contributed by atoms with Crippen molar-refractivity contribution in [1.29, 1.82) is 0 Å². The number of thiazole rings is 1. The van der Waals surface area contributed by atoms with Crippen LogP contribution in [-0.4, -0.2) is 38.2 Å². The van der Waals surface area contributed by atoms with Crippen molar-refractivity contribution in [2.24, 2.45) is 0 Å². The van der Waals surface area contributed by atoms with Gasteiger partial charge in [0.2, 0.25) is 0 Å². The van der Waals surface area contributed by atoms with Gasteiger partial charge < -0.3 is 10.1 Å². The second kappa shape index (κ2) is 9.25. The lowest BCUT2D eigenvalue weighted by atomic mass is 10.2. The number of benzene rings is 2. The maximum Gasteiger partial charge on any atom is 0.358 e. The summed E-state index contributed by atoms with van der Waals surface area (Å²) in [5.74, 6) is -1.25. The zero-order valence-electron chi connectivity index (χ0n) is 15.7. The maximum absolute atomic E-state index is 12.3. The molecule has 0 aliphatic heterocycles. The third-order valence-electron chi connectivity index (χ3n) is 4.02. The molecule has 0 bridgehead atoms. The molecule has 0 radical (unpaired) electrons.